The van der Waals surface area contributed by atoms with Crippen molar-refractivity contribution in [2.75, 3.05) is 7.05 Å². The molecule has 1 aromatic rings. The molecule has 136 valence electrons. The maximum absolute atomic E-state index is 12.6. The standard InChI is InChI=1S/C18H17NO6S/c1-9-12(5-6-15-16(9)17(21)19(2)26(15,23)24)18(22)25-14-8-13(20)10-3-4-11(14)7-10/h5-6,8,10-11H,3-4,7H2,1-2H3. The number of fused-ring (bicyclic) bond motifs is 3. The van der Waals surface area contributed by atoms with Crippen LogP contribution in [0, 0.1) is 18.8 Å². The number of allylic oxidation sites excluding steroid dienone is 2. The highest BCUT2D eigenvalue weighted by Crippen LogP contribution is 2.41. The number of hydrogen-bond acceptors (Lipinski definition) is 6. The highest BCUT2D eigenvalue weighted by Gasteiger charge is 2.41. The minimum Gasteiger partial charge on any atom is -0.427 e. The minimum atomic E-state index is -3.86. The first-order valence-corrected chi connectivity index (χ1v) is 9.80. The van der Waals surface area contributed by atoms with Crippen LogP contribution in [0.4, 0.5) is 0 Å². The quantitative estimate of drug-likeness (QED) is 0.731. The Morgan fingerprint density at radius 3 is 2.62 bits per heavy atom. The fourth-order valence-corrected chi connectivity index (χ4v) is 5.29. The Labute approximate surface area is 150 Å². The van der Waals surface area contributed by atoms with Gasteiger partial charge in [-0.15, -0.1) is 0 Å². The third-order valence-corrected chi connectivity index (χ3v) is 7.30. The Bertz CT molecular complexity index is 1010. The number of ether oxygens (including phenoxy) is 1. The van der Waals surface area contributed by atoms with E-state index in [0.29, 0.717) is 16.5 Å². The Balaban J connectivity index is 1.69. The van der Waals surface area contributed by atoms with E-state index in [1.54, 1.807) is 0 Å². The molecule has 26 heavy (non-hydrogen) atoms. The molecular formula is C18H17NO6S. The molecule has 0 radical (unpaired) electrons. The first-order valence-electron chi connectivity index (χ1n) is 8.36. The average molecular weight is 375 g/mol. The van der Waals surface area contributed by atoms with Gasteiger partial charge in [-0.25, -0.2) is 17.5 Å². The van der Waals surface area contributed by atoms with Gasteiger partial charge in [0.1, 0.15) is 10.7 Å². The largest absolute Gasteiger partial charge is 0.427 e. The van der Waals surface area contributed by atoms with Crippen molar-refractivity contribution in [2.24, 2.45) is 11.8 Å². The monoisotopic (exact) mass is 375 g/mol. The van der Waals surface area contributed by atoms with Crippen LogP contribution >= 0.6 is 0 Å². The highest BCUT2D eigenvalue weighted by molar-refractivity contribution is 7.90. The first-order chi connectivity index (χ1) is 12.2. The molecule has 0 saturated heterocycles. The zero-order valence-corrected chi connectivity index (χ0v) is 15.1. The summed E-state index contributed by atoms with van der Waals surface area (Å²) in [5.41, 5.74) is 0.380. The van der Waals surface area contributed by atoms with Gasteiger partial charge in [0.05, 0.1) is 11.1 Å². The van der Waals surface area contributed by atoms with E-state index in [0.717, 1.165) is 12.8 Å². The smallest absolute Gasteiger partial charge is 0.343 e. The van der Waals surface area contributed by atoms with E-state index in [-0.39, 0.29) is 39.2 Å². The number of carbonyl (C=O) groups is 3. The minimum absolute atomic E-state index is 0.00317. The van der Waals surface area contributed by atoms with Gasteiger partial charge in [-0.2, -0.15) is 0 Å². The van der Waals surface area contributed by atoms with Crippen LogP contribution in [0.25, 0.3) is 0 Å². The van der Waals surface area contributed by atoms with Crippen molar-refractivity contribution in [1.82, 2.24) is 4.31 Å². The lowest BCUT2D eigenvalue weighted by Gasteiger charge is -2.19. The highest BCUT2D eigenvalue weighted by atomic mass is 32.2. The van der Waals surface area contributed by atoms with Gasteiger partial charge in [0, 0.05) is 25.0 Å². The van der Waals surface area contributed by atoms with Gasteiger partial charge < -0.3 is 4.74 Å². The van der Waals surface area contributed by atoms with Gasteiger partial charge >= 0.3 is 5.97 Å². The molecule has 7 nitrogen and oxygen atoms in total. The molecule has 2 aliphatic carbocycles. The van der Waals surface area contributed by atoms with Crippen molar-refractivity contribution in [3.63, 3.8) is 0 Å². The van der Waals surface area contributed by atoms with E-state index >= 15 is 0 Å². The van der Waals surface area contributed by atoms with Crippen LogP contribution in [0.2, 0.25) is 0 Å². The summed E-state index contributed by atoms with van der Waals surface area (Å²) in [6, 6.07) is 2.60. The number of sulfonamides is 1. The zero-order chi connectivity index (χ0) is 18.8. The Morgan fingerprint density at radius 2 is 1.88 bits per heavy atom. The number of amides is 1. The lowest BCUT2D eigenvalue weighted by molar-refractivity contribution is -0.118. The van der Waals surface area contributed by atoms with Gasteiger partial charge in [-0.1, -0.05) is 0 Å². The molecular weight excluding hydrogens is 358 g/mol. The zero-order valence-electron chi connectivity index (χ0n) is 14.3. The summed E-state index contributed by atoms with van der Waals surface area (Å²) in [4.78, 5) is 36.8. The fraction of sp³-hybridized carbons (Fsp3) is 0.389. The third-order valence-electron chi connectivity index (χ3n) is 5.52. The van der Waals surface area contributed by atoms with Gasteiger partial charge in [-0.05, 0) is 43.9 Å². The van der Waals surface area contributed by atoms with Crippen molar-refractivity contribution < 1.29 is 27.5 Å². The first kappa shape index (κ1) is 17.0. The lowest BCUT2D eigenvalue weighted by atomic mass is 9.93. The van der Waals surface area contributed by atoms with E-state index in [9.17, 15) is 22.8 Å². The van der Waals surface area contributed by atoms with Gasteiger partial charge in [0.25, 0.3) is 15.9 Å². The molecule has 2 bridgehead atoms. The summed E-state index contributed by atoms with van der Waals surface area (Å²) in [7, 11) is -2.68. The molecule has 0 N–H and O–H groups in total. The Hall–Kier alpha value is -2.48. The fourth-order valence-electron chi connectivity index (χ4n) is 3.95. The summed E-state index contributed by atoms with van der Waals surface area (Å²) in [6.45, 7) is 1.52. The second kappa shape index (κ2) is 5.51. The van der Waals surface area contributed by atoms with Crippen LogP contribution in [-0.2, 0) is 19.6 Å². The Morgan fingerprint density at radius 1 is 1.19 bits per heavy atom. The van der Waals surface area contributed by atoms with Crippen molar-refractivity contribution in [2.45, 2.75) is 31.1 Å². The molecule has 1 amide bonds. The van der Waals surface area contributed by atoms with Gasteiger partial charge in [0.2, 0.25) is 0 Å². The maximum atomic E-state index is 12.6. The van der Waals surface area contributed by atoms with Crippen molar-refractivity contribution >= 4 is 27.7 Å². The summed E-state index contributed by atoms with van der Waals surface area (Å²) in [6.07, 6.45) is 3.70. The molecule has 3 aliphatic rings. The van der Waals surface area contributed by atoms with Gasteiger partial charge in [-0.3, -0.25) is 9.59 Å². The van der Waals surface area contributed by atoms with E-state index in [1.807, 2.05) is 0 Å². The molecule has 1 heterocycles. The normalized spacial score (nSPS) is 25.9. The van der Waals surface area contributed by atoms with Crippen molar-refractivity contribution in [3.8, 4) is 0 Å². The second-order valence-electron chi connectivity index (χ2n) is 6.93. The molecule has 4 rings (SSSR count). The molecule has 0 spiro atoms. The molecule has 1 fully saturated rings. The van der Waals surface area contributed by atoms with Crippen LogP contribution in [0.5, 0.6) is 0 Å². The second-order valence-corrected chi connectivity index (χ2v) is 8.87. The predicted molar refractivity (Wildman–Crippen MR) is 89.8 cm³/mol. The number of nitrogens with zero attached hydrogens (tertiary/aromatic N) is 1. The van der Waals surface area contributed by atoms with E-state index in [1.165, 1.54) is 32.2 Å². The van der Waals surface area contributed by atoms with Crippen LogP contribution in [-0.4, -0.2) is 37.4 Å². The maximum Gasteiger partial charge on any atom is 0.343 e. The van der Waals surface area contributed by atoms with Gasteiger partial charge in [0.15, 0.2) is 5.78 Å². The SMILES string of the molecule is Cc1c(C(=O)OC2=CC(=O)C3CCC2C3)ccc2c1C(=O)N(C)S2(=O)=O. The Kier molecular flexibility index (Phi) is 3.59. The number of benzene rings is 1. The number of hydrogen-bond donors (Lipinski definition) is 0. The lowest BCUT2D eigenvalue weighted by Crippen LogP contribution is -2.25. The number of rotatable bonds is 2. The van der Waals surface area contributed by atoms with Crippen molar-refractivity contribution in [1.29, 1.82) is 0 Å². The molecule has 1 aromatic carbocycles. The summed E-state index contributed by atoms with van der Waals surface area (Å²) in [5, 5.41) is 0. The molecule has 1 aliphatic heterocycles. The summed E-state index contributed by atoms with van der Waals surface area (Å²) >= 11 is 0. The molecule has 0 aromatic heterocycles. The number of carbonyl (C=O) groups excluding carboxylic acids is 3. The van der Waals surface area contributed by atoms with E-state index < -0.39 is 21.9 Å². The molecule has 1 saturated carbocycles. The third kappa shape index (κ3) is 2.25. The van der Waals surface area contributed by atoms with Crippen LogP contribution in [0.15, 0.2) is 28.9 Å². The average Bonchev–Trinajstić information content (AvgIpc) is 3.10. The number of esters is 1. The summed E-state index contributed by atoms with van der Waals surface area (Å²) in [5.74, 6) is -0.917. The van der Waals surface area contributed by atoms with Crippen LogP contribution in [0.3, 0.4) is 0 Å². The topological polar surface area (TPSA) is 97.8 Å². The van der Waals surface area contributed by atoms with E-state index in [2.05, 4.69) is 0 Å². The number of ketones is 1. The molecule has 2 atom stereocenters. The van der Waals surface area contributed by atoms with Crippen LogP contribution in [0.1, 0.15) is 45.5 Å². The summed E-state index contributed by atoms with van der Waals surface area (Å²) < 4.78 is 30.5. The molecule has 2 unspecified atom stereocenters. The van der Waals surface area contributed by atoms with E-state index in [4.69, 9.17) is 4.74 Å². The molecule has 8 heteroatoms. The predicted octanol–water partition coefficient (Wildman–Crippen LogP) is 1.81. The van der Waals surface area contributed by atoms with Crippen LogP contribution < -0.4 is 0 Å². The van der Waals surface area contributed by atoms with Crippen molar-refractivity contribution in [3.05, 3.63) is 40.7 Å².